The van der Waals surface area contributed by atoms with Gasteiger partial charge in [-0.2, -0.15) is 0 Å². The standard InChI is InChI=1S/C20H22ClN3/c1-4-24(5-2)17-9-6-15(7-10-17)12-14(3)20-22-18-11-8-16(21)13-19(18)23-20/h6-13H,4-5H2,1-3H3,(H,22,23)/b14-12+. The van der Waals surface area contributed by atoms with E-state index in [0.29, 0.717) is 5.02 Å². The molecule has 0 atom stereocenters. The third-order valence-electron chi connectivity index (χ3n) is 4.22. The Bertz CT molecular complexity index is 858. The minimum atomic E-state index is 0.714. The van der Waals surface area contributed by atoms with Crippen molar-refractivity contribution < 1.29 is 0 Å². The van der Waals surface area contributed by atoms with Crippen molar-refractivity contribution in [1.29, 1.82) is 0 Å². The fraction of sp³-hybridized carbons (Fsp3) is 0.250. The molecule has 0 saturated heterocycles. The first kappa shape index (κ1) is 16.6. The van der Waals surface area contributed by atoms with Crippen LogP contribution in [0.5, 0.6) is 0 Å². The molecule has 1 N–H and O–H groups in total. The Morgan fingerprint density at radius 3 is 2.50 bits per heavy atom. The van der Waals surface area contributed by atoms with Crippen molar-refractivity contribution in [2.75, 3.05) is 18.0 Å². The van der Waals surface area contributed by atoms with Gasteiger partial charge in [0.25, 0.3) is 0 Å². The number of anilines is 1. The summed E-state index contributed by atoms with van der Waals surface area (Å²) in [6, 6.07) is 14.3. The maximum absolute atomic E-state index is 6.04. The number of hydrogen-bond acceptors (Lipinski definition) is 2. The molecule has 0 amide bonds. The van der Waals surface area contributed by atoms with Gasteiger partial charge < -0.3 is 9.88 Å². The van der Waals surface area contributed by atoms with Crippen LogP contribution in [-0.2, 0) is 0 Å². The zero-order valence-electron chi connectivity index (χ0n) is 14.3. The molecule has 0 unspecified atom stereocenters. The molecule has 4 heteroatoms. The number of allylic oxidation sites excluding steroid dienone is 1. The van der Waals surface area contributed by atoms with Crippen molar-refractivity contribution >= 4 is 40.0 Å². The van der Waals surface area contributed by atoms with Crippen LogP contribution in [0.25, 0.3) is 22.7 Å². The molecule has 0 spiro atoms. The zero-order chi connectivity index (χ0) is 17.1. The van der Waals surface area contributed by atoms with Gasteiger partial charge in [0, 0.05) is 23.8 Å². The minimum absolute atomic E-state index is 0.714. The monoisotopic (exact) mass is 339 g/mol. The van der Waals surface area contributed by atoms with Gasteiger partial charge in [-0.05, 0) is 68.3 Å². The fourth-order valence-electron chi connectivity index (χ4n) is 2.86. The van der Waals surface area contributed by atoms with Crippen LogP contribution in [0.1, 0.15) is 32.2 Å². The number of hydrogen-bond donors (Lipinski definition) is 1. The van der Waals surface area contributed by atoms with Crippen molar-refractivity contribution in [1.82, 2.24) is 9.97 Å². The molecule has 0 aliphatic heterocycles. The Labute approximate surface area is 148 Å². The van der Waals surface area contributed by atoms with Gasteiger partial charge in [-0.25, -0.2) is 4.98 Å². The number of imidazole rings is 1. The van der Waals surface area contributed by atoms with Gasteiger partial charge in [0.2, 0.25) is 0 Å². The van der Waals surface area contributed by atoms with E-state index in [4.69, 9.17) is 11.6 Å². The molecule has 3 aromatic rings. The summed E-state index contributed by atoms with van der Waals surface area (Å²) in [7, 11) is 0. The molecule has 3 nitrogen and oxygen atoms in total. The van der Waals surface area contributed by atoms with E-state index < -0.39 is 0 Å². The molecular weight excluding hydrogens is 318 g/mol. The number of benzene rings is 2. The SMILES string of the molecule is CCN(CC)c1ccc(/C=C(\C)c2nc3ccc(Cl)cc3[nH]2)cc1. The maximum Gasteiger partial charge on any atom is 0.134 e. The topological polar surface area (TPSA) is 31.9 Å². The van der Waals surface area contributed by atoms with Crippen molar-refractivity contribution in [3.05, 3.63) is 58.9 Å². The first-order chi connectivity index (χ1) is 11.6. The number of rotatable bonds is 5. The second-order valence-corrected chi connectivity index (χ2v) is 6.27. The van der Waals surface area contributed by atoms with Crippen LogP contribution in [0.15, 0.2) is 42.5 Å². The average Bonchev–Trinajstić information content (AvgIpc) is 3.00. The predicted octanol–water partition coefficient (Wildman–Crippen LogP) is 5.62. The zero-order valence-corrected chi connectivity index (χ0v) is 15.1. The van der Waals surface area contributed by atoms with Crippen LogP contribution in [-0.4, -0.2) is 23.1 Å². The van der Waals surface area contributed by atoms with E-state index in [1.807, 2.05) is 18.2 Å². The lowest BCUT2D eigenvalue weighted by Gasteiger charge is -2.20. The molecule has 0 aliphatic rings. The largest absolute Gasteiger partial charge is 0.372 e. The summed E-state index contributed by atoms with van der Waals surface area (Å²) in [5, 5.41) is 0.714. The summed E-state index contributed by atoms with van der Waals surface area (Å²) >= 11 is 6.04. The van der Waals surface area contributed by atoms with E-state index in [1.54, 1.807) is 0 Å². The van der Waals surface area contributed by atoms with Gasteiger partial charge in [-0.15, -0.1) is 0 Å². The molecule has 0 radical (unpaired) electrons. The number of nitrogens with one attached hydrogen (secondary N) is 1. The first-order valence-electron chi connectivity index (χ1n) is 8.29. The van der Waals surface area contributed by atoms with Crippen molar-refractivity contribution in [3.63, 3.8) is 0 Å². The summed E-state index contributed by atoms with van der Waals surface area (Å²) in [4.78, 5) is 10.3. The molecular formula is C20H22ClN3. The third-order valence-corrected chi connectivity index (χ3v) is 4.46. The third kappa shape index (κ3) is 3.46. The van der Waals surface area contributed by atoms with Crippen LogP contribution in [0.4, 0.5) is 5.69 Å². The Hall–Kier alpha value is -2.26. The van der Waals surface area contributed by atoms with Crippen LogP contribution < -0.4 is 4.90 Å². The number of fused-ring (bicyclic) bond motifs is 1. The molecule has 0 saturated carbocycles. The molecule has 0 fully saturated rings. The lowest BCUT2D eigenvalue weighted by molar-refractivity contribution is 0.866. The summed E-state index contributed by atoms with van der Waals surface area (Å²) < 4.78 is 0. The molecule has 0 bridgehead atoms. The Balaban J connectivity index is 1.86. The van der Waals surface area contributed by atoms with Crippen LogP contribution in [0.2, 0.25) is 5.02 Å². The van der Waals surface area contributed by atoms with Gasteiger partial charge in [0.15, 0.2) is 0 Å². The Kier molecular flexibility index (Phi) is 4.91. The lowest BCUT2D eigenvalue weighted by Crippen LogP contribution is -2.21. The summed E-state index contributed by atoms with van der Waals surface area (Å²) in [6.45, 7) is 8.46. The van der Waals surface area contributed by atoms with E-state index in [0.717, 1.165) is 35.5 Å². The number of aromatic nitrogens is 2. The molecule has 1 heterocycles. The molecule has 1 aromatic heterocycles. The summed E-state index contributed by atoms with van der Waals surface area (Å²) in [5.74, 6) is 0.875. The Morgan fingerprint density at radius 2 is 1.83 bits per heavy atom. The van der Waals surface area contributed by atoms with E-state index in [2.05, 4.69) is 66.0 Å². The van der Waals surface area contributed by atoms with Gasteiger partial charge in [-0.3, -0.25) is 0 Å². The van der Waals surface area contributed by atoms with Gasteiger partial charge >= 0.3 is 0 Å². The smallest absolute Gasteiger partial charge is 0.134 e. The molecule has 124 valence electrons. The summed E-state index contributed by atoms with van der Waals surface area (Å²) in [6.07, 6.45) is 2.14. The van der Waals surface area contributed by atoms with E-state index in [1.165, 1.54) is 11.3 Å². The van der Waals surface area contributed by atoms with Gasteiger partial charge in [0.05, 0.1) is 11.0 Å². The number of aromatic amines is 1. The molecule has 24 heavy (non-hydrogen) atoms. The van der Waals surface area contributed by atoms with E-state index in [-0.39, 0.29) is 0 Å². The lowest BCUT2D eigenvalue weighted by atomic mass is 10.1. The number of nitrogens with zero attached hydrogens (tertiary/aromatic N) is 2. The fourth-order valence-corrected chi connectivity index (χ4v) is 3.03. The Morgan fingerprint density at radius 1 is 1.12 bits per heavy atom. The van der Waals surface area contributed by atoms with Crippen LogP contribution >= 0.6 is 11.6 Å². The normalized spacial score (nSPS) is 11.9. The highest BCUT2D eigenvalue weighted by atomic mass is 35.5. The van der Waals surface area contributed by atoms with Crippen LogP contribution in [0, 0.1) is 0 Å². The number of halogens is 1. The number of H-pyrrole nitrogens is 1. The highest BCUT2D eigenvalue weighted by molar-refractivity contribution is 6.31. The van der Waals surface area contributed by atoms with Crippen molar-refractivity contribution in [2.24, 2.45) is 0 Å². The minimum Gasteiger partial charge on any atom is -0.372 e. The van der Waals surface area contributed by atoms with Crippen molar-refractivity contribution in [2.45, 2.75) is 20.8 Å². The van der Waals surface area contributed by atoms with Gasteiger partial charge in [-0.1, -0.05) is 23.7 Å². The summed E-state index contributed by atoms with van der Waals surface area (Å²) in [5.41, 5.74) is 5.41. The average molecular weight is 340 g/mol. The predicted molar refractivity (Wildman–Crippen MR) is 105 cm³/mol. The van der Waals surface area contributed by atoms with E-state index >= 15 is 0 Å². The van der Waals surface area contributed by atoms with Crippen LogP contribution in [0.3, 0.4) is 0 Å². The quantitative estimate of drug-likeness (QED) is 0.654. The maximum atomic E-state index is 6.04. The molecule has 3 rings (SSSR count). The second-order valence-electron chi connectivity index (χ2n) is 5.84. The molecule has 2 aromatic carbocycles. The van der Waals surface area contributed by atoms with E-state index in [9.17, 15) is 0 Å². The second kappa shape index (κ2) is 7.10. The first-order valence-corrected chi connectivity index (χ1v) is 8.67. The van der Waals surface area contributed by atoms with Crippen molar-refractivity contribution in [3.8, 4) is 0 Å². The van der Waals surface area contributed by atoms with Gasteiger partial charge in [0.1, 0.15) is 5.82 Å². The highest BCUT2D eigenvalue weighted by Gasteiger charge is 2.06. The molecule has 0 aliphatic carbocycles. The highest BCUT2D eigenvalue weighted by Crippen LogP contribution is 2.23.